The summed E-state index contributed by atoms with van der Waals surface area (Å²) in [5.41, 5.74) is 2.65. The molecule has 0 aromatic heterocycles. The lowest BCUT2D eigenvalue weighted by molar-refractivity contribution is -0.122. The Bertz CT molecular complexity index is 902. The normalized spacial score (nSPS) is 14.3. The van der Waals surface area contributed by atoms with E-state index in [0.717, 1.165) is 12.1 Å². The van der Waals surface area contributed by atoms with Crippen molar-refractivity contribution in [1.82, 2.24) is 10.2 Å². The predicted molar refractivity (Wildman–Crippen MR) is 127 cm³/mol. The first-order chi connectivity index (χ1) is 15.4. The SMILES string of the molecule is CC(C)Cc1ccc(C(=O)CCC(=O)NC2CCN(C(=O)Nc3ccccc3)CC2)cc1. The van der Waals surface area contributed by atoms with Crippen molar-refractivity contribution < 1.29 is 14.4 Å². The van der Waals surface area contributed by atoms with Crippen LogP contribution in [0.5, 0.6) is 0 Å². The maximum Gasteiger partial charge on any atom is 0.321 e. The number of benzene rings is 2. The van der Waals surface area contributed by atoms with Gasteiger partial charge in [-0.15, -0.1) is 0 Å². The quantitative estimate of drug-likeness (QED) is 0.592. The molecule has 32 heavy (non-hydrogen) atoms. The van der Waals surface area contributed by atoms with Gasteiger partial charge < -0.3 is 15.5 Å². The first-order valence-electron chi connectivity index (χ1n) is 11.4. The van der Waals surface area contributed by atoms with Crippen LogP contribution in [0.3, 0.4) is 0 Å². The zero-order chi connectivity index (χ0) is 22.9. The van der Waals surface area contributed by atoms with Gasteiger partial charge in [-0.3, -0.25) is 9.59 Å². The Morgan fingerprint density at radius 1 is 0.938 bits per heavy atom. The number of piperidine rings is 1. The van der Waals surface area contributed by atoms with E-state index >= 15 is 0 Å². The maximum absolute atomic E-state index is 12.4. The summed E-state index contributed by atoms with van der Waals surface area (Å²) in [7, 11) is 0. The van der Waals surface area contributed by atoms with Crippen molar-refractivity contribution >= 4 is 23.4 Å². The minimum absolute atomic E-state index is 0.0105. The van der Waals surface area contributed by atoms with Crippen molar-refractivity contribution in [2.24, 2.45) is 5.92 Å². The third-order valence-corrected chi connectivity index (χ3v) is 5.67. The number of urea groups is 1. The van der Waals surface area contributed by atoms with E-state index in [-0.39, 0.29) is 36.6 Å². The van der Waals surface area contributed by atoms with Gasteiger partial charge in [0.25, 0.3) is 0 Å². The number of para-hydroxylation sites is 1. The van der Waals surface area contributed by atoms with Crippen LogP contribution in [0.2, 0.25) is 0 Å². The van der Waals surface area contributed by atoms with Gasteiger partial charge in [0.1, 0.15) is 0 Å². The zero-order valence-electron chi connectivity index (χ0n) is 19.0. The molecular weight excluding hydrogens is 402 g/mol. The molecule has 0 saturated carbocycles. The van der Waals surface area contributed by atoms with Crippen molar-refractivity contribution in [3.63, 3.8) is 0 Å². The Hall–Kier alpha value is -3.15. The minimum atomic E-state index is -0.119. The Kier molecular flexibility index (Phi) is 8.42. The number of ketones is 1. The van der Waals surface area contributed by atoms with E-state index in [2.05, 4.69) is 24.5 Å². The Balaban J connectivity index is 1.36. The monoisotopic (exact) mass is 435 g/mol. The van der Waals surface area contributed by atoms with E-state index in [0.29, 0.717) is 37.4 Å². The fourth-order valence-corrected chi connectivity index (χ4v) is 3.92. The number of nitrogens with one attached hydrogen (secondary N) is 2. The maximum atomic E-state index is 12.4. The number of nitrogens with zero attached hydrogens (tertiary/aromatic N) is 1. The fraction of sp³-hybridized carbons (Fsp3) is 0.423. The molecule has 0 atom stereocenters. The number of hydrogen-bond acceptors (Lipinski definition) is 3. The van der Waals surface area contributed by atoms with E-state index in [1.54, 1.807) is 4.90 Å². The van der Waals surface area contributed by atoms with Gasteiger partial charge in [-0.05, 0) is 42.9 Å². The molecule has 3 rings (SSSR count). The summed E-state index contributed by atoms with van der Waals surface area (Å²) >= 11 is 0. The Morgan fingerprint density at radius 2 is 1.59 bits per heavy atom. The highest BCUT2D eigenvalue weighted by atomic mass is 16.2. The summed E-state index contributed by atoms with van der Waals surface area (Å²) < 4.78 is 0. The first-order valence-corrected chi connectivity index (χ1v) is 11.4. The number of hydrogen-bond donors (Lipinski definition) is 2. The molecule has 2 aromatic carbocycles. The highest BCUT2D eigenvalue weighted by Crippen LogP contribution is 2.15. The number of Topliss-reactive ketones (excluding diaryl/α,β-unsaturated/α-hetero) is 1. The summed E-state index contributed by atoms with van der Waals surface area (Å²) in [6, 6.07) is 17.0. The molecule has 2 N–H and O–H groups in total. The van der Waals surface area contributed by atoms with Gasteiger partial charge in [-0.2, -0.15) is 0 Å². The second-order valence-electron chi connectivity index (χ2n) is 8.84. The van der Waals surface area contributed by atoms with Crippen molar-refractivity contribution in [3.8, 4) is 0 Å². The molecule has 0 bridgehead atoms. The highest BCUT2D eigenvalue weighted by molar-refractivity contribution is 5.98. The predicted octanol–water partition coefficient (Wildman–Crippen LogP) is 4.66. The van der Waals surface area contributed by atoms with Crippen LogP contribution in [-0.2, 0) is 11.2 Å². The van der Waals surface area contributed by atoms with Gasteiger partial charge >= 0.3 is 6.03 Å². The Labute approximate surface area is 190 Å². The van der Waals surface area contributed by atoms with Crippen LogP contribution < -0.4 is 10.6 Å². The van der Waals surface area contributed by atoms with Crippen LogP contribution in [-0.4, -0.2) is 41.8 Å². The van der Waals surface area contributed by atoms with Crippen LogP contribution in [0.25, 0.3) is 0 Å². The molecule has 6 heteroatoms. The summed E-state index contributed by atoms with van der Waals surface area (Å²) in [5.74, 6) is 0.455. The standard InChI is InChI=1S/C26H33N3O3/c1-19(2)18-20-8-10-21(11-9-20)24(30)12-13-25(31)27-23-14-16-29(17-15-23)26(32)28-22-6-4-3-5-7-22/h3-11,19,23H,12-18H2,1-2H3,(H,27,31)(H,28,32). The molecule has 0 unspecified atom stereocenters. The number of rotatable bonds is 8. The molecule has 0 aliphatic carbocycles. The van der Waals surface area contributed by atoms with Gasteiger partial charge in [0.15, 0.2) is 5.78 Å². The molecule has 3 amide bonds. The molecule has 0 radical (unpaired) electrons. The van der Waals surface area contributed by atoms with Crippen LogP contribution in [0, 0.1) is 5.92 Å². The third kappa shape index (κ3) is 7.22. The van der Waals surface area contributed by atoms with Crippen LogP contribution >= 0.6 is 0 Å². The average molecular weight is 436 g/mol. The van der Waals surface area contributed by atoms with E-state index in [1.165, 1.54) is 5.56 Å². The summed E-state index contributed by atoms with van der Waals surface area (Å²) in [6.45, 7) is 5.51. The molecule has 1 fully saturated rings. The molecule has 1 aliphatic rings. The molecular formula is C26H33N3O3. The van der Waals surface area contributed by atoms with E-state index in [4.69, 9.17) is 0 Å². The molecule has 1 saturated heterocycles. The first kappa shape index (κ1) is 23.5. The lowest BCUT2D eigenvalue weighted by atomic mass is 9.99. The smallest absolute Gasteiger partial charge is 0.321 e. The molecule has 6 nitrogen and oxygen atoms in total. The van der Waals surface area contributed by atoms with E-state index < -0.39 is 0 Å². The van der Waals surface area contributed by atoms with Crippen molar-refractivity contribution in [2.75, 3.05) is 18.4 Å². The van der Waals surface area contributed by atoms with Crippen LogP contribution in [0.1, 0.15) is 55.5 Å². The second-order valence-corrected chi connectivity index (χ2v) is 8.84. The zero-order valence-corrected chi connectivity index (χ0v) is 19.0. The topological polar surface area (TPSA) is 78.5 Å². The second kappa shape index (κ2) is 11.5. The lowest BCUT2D eigenvalue weighted by Crippen LogP contribution is -2.47. The van der Waals surface area contributed by atoms with E-state index in [1.807, 2.05) is 54.6 Å². The number of carbonyl (C=O) groups is 3. The molecule has 1 aliphatic heterocycles. The van der Waals surface area contributed by atoms with E-state index in [9.17, 15) is 14.4 Å². The largest absolute Gasteiger partial charge is 0.353 e. The highest BCUT2D eigenvalue weighted by Gasteiger charge is 2.24. The molecule has 2 aromatic rings. The minimum Gasteiger partial charge on any atom is -0.353 e. The van der Waals surface area contributed by atoms with Crippen LogP contribution in [0.4, 0.5) is 10.5 Å². The number of amides is 3. The van der Waals surface area contributed by atoms with Gasteiger partial charge in [-0.1, -0.05) is 56.3 Å². The summed E-state index contributed by atoms with van der Waals surface area (Å²) in [5, 5.41) is 5.91. The molecule has 1 heterocycles. The third-order valence-electron chi connectivity index (χ3n) is 5.67. The number of anilines is 1. The summed E-state index contributed by atoms with van der Waals surface area (Å²) in [6.07, 6.45) is 2.79. The Morgan fingerprint density at radius 3 is 2.22 bits per heavy atom. The molecule has 0 spiro atoms. The van der Waals surface area contributed by atoms with Gasteiger partial charge in [0, 0.05) is 43.2 Å². The number of likely N-dealkylation sites (tertiary alicyclic amines) is 1. The lowest BCUT2D eigenvalue weighted by Gasteiger charge is -2.32. The van der Waals surface area contributed by atoms with Gasteiger partial charge in [0.05, 0.1) is 0 Å². The molecule has 170 valence electrons. The van der Waals surface area contributed by atoms with Crippen molar-refractivity contribution in [2.45, 2.75) is 52.0 Å². The summed E-state index contributed by atoms with van der Waals surface area (Å²) in [4.78, 5) is 38.9. The van der Waals surface area contributed by atoms with Gasteiger partial charge in [-0.25, -0.2) is 4.79 Å². The van der Waals surface area contributed by atoms with Crippen LogP contribution in [0.15, 0.2) is 54.6 Å². The van der Waals surface area contributed by atoms with Gasteiger partial charge in [0.2, 0.25) is 5.91 Å². The average Bonchev–Trinajstić information content (AvgIpc) is 2.79. The van der Waals surface area contributed by atoms with Crippen molar-refractivity contribution in [1.29, 1.82) is 0 Å². The fourth-order valence-electron chi connectivity index (χ4n) is 3.92. The van der Waals surface area contributed by atoms with Crippen molar-refractivity contribution in [3.05, 3.63) is 65.7 Å². The number of carbonyl (C=O) groups excluding carboxylic acids is 3.